The van der Waals surface area contributed by atoms with E-state index in [1.54, 1.807) is 32.4 Å². The van der Waals surface area contributed by atoms with E-state index < -0.39 is 0 Å². The highest BCUT2D eigenvalue weighted by Gasteiger charge is 2.08. The Morgan fingerprint density at radius 1 is 0.963 bits per heavy atom. The molecule has 0 spiro atoms. The minimum atomic E-state index is -0.359. The van der Waals surface area contributed by atoms with Crippen molar-refractivity contribution in [2.24, 2.45) is 0 Å². The Morgan fingerprint density at radius 3 is 2.48 bits per heavy atom. The van der Waals surface area contributed by atoms with Gasteiger partial charge in [0.15, 0.2) is 11.5 Å². The van der Waals surface area contributed by atoms with Crippen LogP contribution >= 0.6 is 0 Å². The summed E-state index contributed by atoms with van der Waals surface area (Å²) >= 11 is 0. The Kier molecular flexibility index (Phi) is 5.71. The van der Waals surface area contributed by atoms with Gasteiger partial charge in [0.2, 0.25) is 5.95 Å². The molecule has 0 atom stereocenters. The smallest absolute Gasteiger partial charge is 0.229 e. The van der Waals surface area contributed by atoms with Crippen LogP contribution in [0.1, 0.15) is 11.3 Å². The number of ether oxygens (including phenoxy) is 2. The Hall–Kier alpha value is -3.35. The summed E-state index contributed by atoms with van der Waals surface area (Å²) in [5.74, 6) is 1.95. The molecule has 27 heavy (non-hydrogen) atoms. The maximum absolute atomic E-state index is 13.8. The van der Waals surface area contributed by atoms with Crippen molar-refractivity contribution in [3.05, 3.63) is 65.6 Å². The molecule has 1 heterocycles. The van der Waals surface area contributed by atoms with Crippen LogP contribution in [0.4, 0.5) is 21.8 Å². The molecule has 2 N–H and O–H groups in total. The van der Waals surface area contributed by atoms with Crippen molar-refractivity contribution in [2.45, 2.75) is 13.5 Å². The van der Waals surface area contributed by atoms with Crippen LogP contribution in [0, 0.1) is 12.7 Å². The van der Waals surface area contributed by atoms with E-state index in [9.17, 15) is 4.39 Å². The van der Waals surface area contributed by atoms with Gasteiger partial charge in [-0.05, 0) is 36.8 Å². The van der Waals surface area contributed by atoms with Crippen LogP contribution in [-0.2, 0) is 6.54 Å². The molecule has 1 aromatic heterocycles. The van der Waals surface area contributed by atoms with Gasteiger partial charge in [-0.3, -0.25) is 0 Å². The van der Waals surface area contributed by atoms with Crippen molar-refractivity contribution in [1.82, 2.24) is 9.97 Å². The van der Waals surface area contributed by atoms with Crippen LogP contribution in [0.5, 0.6) is 11.5 Å². The monoisotopic (exact) mass is 368 g/mol. The molecule has 0 aliphatic carbocycles. The molecular formula is C20H21FN4O2. The average Bonchev–Trinajstić information content (AvgIpc) is 2.67. The van der Waals surface area contributed by atoms with E-state index in [2.05, 4.69) is 20.6 Å². The summed E-state index contributed by atoms with van der Waals surface area (Å²) in [4.78, 5) is 8.72. The van der Waals surface area contributed by atoms with E-state index in [0.29, 0.717) is 35.5 Å². The van der Waals surface area contributed by atoms with Gasteiger partial charge in [0, 0.05) is 18.3 Å². The van der Waals surface area contributed by atoms with Crippen LogP contribution in [0.3, 0.4) is 0 Å². The molecule has 140 valence electrons. The third kappa shape index (κ3) is 4.63. The van der Waals surface area contributed by atoms with Gasteiger partial charge in [0.1, 0.15) is 11.6 Å². The van der Waals surface area contributed by atoms with Crippen LogP contribution in [0.2, 0.25) is 0 Å². The molecule has 0 aliphatic rings. The van der Waals surface area contributed by atoms with Crippen LogP contribution < -0.4 is 20.1 Å². The maximum atomic E-state index is 13.8. The zero-order valence-electron chi connectivity index (χ0n) is 15.4. The summed E-state index contributed by atoms with van der Waals surface area (Å²) in [7, 11) is 3.20. The third-order valence-electron chi connectivity index (χ3n) is 3.90. The topological polar surface area (TPSA) is 68.3 Å². The first-order valence-electron chi connectivity index (χ1n) is 8.41. The Morgan fingerprint density at radius 2 is 1.74 bits per heavy atom. The number of hydrogen-bond donors (Lipinski definition) is 2. The van der Waals surface area contributed by atoms with Gasteiger partial charge in [-0.15, -0.1) is 0 Å². The van der Waals surface area contributed by atoms with Gasteiger partial charge < -0.3 is 20.1 Å². The summed E-state index contributed by atoms with van der Waals surface area (Å²) in [6.07, 6.45) is 0. The first-order chi connectivity index (χ1) is 13.1. The summed E-state index contributed by atoms with van der Waals surface area (Å²) in [5, 5.41) is 6.16. The molecule has 0 unspecified atom stereocenters. The molecule has 3 rings (SSSR count). The number of anilines is 3. The van der Waals surface area contributed by atoms with E-state index in [1.165, 1.54) is 6.07 Å². The summed E-state index contributed by atoms with van der Waals surface area (Å²) in [6, 6.07) is 13.9. The summed E-state index contributed by atoms with van der Waals surface area (Å²) in [6.45, 7) is 2.39. The molecule has 6 nitrogen and oxygen atoms in total. The number of halogens is 1. The predicted molar refractivity (Wildman–Crippen MR) is 103 cm³/mol. The van der Waals surface area contributed by atoms with E-state index in [0.717, 1.165) is 11.3 Å². The van der Waals surface area contributed by atoms with Gasteiger partial charge in [0.25, 0.3) is 0 Å². The molecular weight excluding hydrogens is 347 g/mol. The SMILES string of the molecule is COc1ccc(CNc2cc(C)nc(Nc3ccccc3F)n2)cc1OC. The molecule has 0 saturated carbocycles. The number of methoxy groups -OCH3 is 2. The number of hydrogen-bond acceptors (Lipinski definition) is 6. The lowest BCUT2D eigenvalue weighted by atomic mass is 10.2. The van der Waals surface area contributed by atoms with E-state index in [-0.39, 0.29) is 5.82 Å². The number of aryl methyl sites for hydroxylation is 1. The van der Waals surface area contributed by atoms with Crippen molar-refractivity contribution >= 4 is 17.5 Å². The van der Waals surface area contributed by atoms with Crippen molar-refractivity contribution in [1.29, 1.82) is 0 Å². The largest absolute Gasteiger partial charge is 0.493 e. The van der Waals surface area contributed by atoms with Gasteiger partial charge >= 0.3 is 0 Å². The Labute approximate surface area is 157 Å². The molecule has 2 aromatic carbocycles. The Balaban J connectivity index is 1.74. The minimum absolute atomic E-state index is 0.328. The second-order valence-electron chi connectivity index (χ2n) is 5.87. The fourth-order valence-corrected chi connectivity index (χ4v) is 2.58. The van der Waals surface area contributed by atoms with Crippen LogP contribution in [0.25, 0.3) is 0 Å². The van der Waals surface area contributed by atoms with Gasteiger partial charge in [0.05, 0.1) is 19.9 Å². The minimum Gasteiger partial charge on any atom is -0.493 e. The van der Waals surface area contributed by atoms with Crippen molar-refractivity contribution in [2.75, 3.05) is 24.9 Å². The normalized spacial score (nSPS) is 10.4. The summed E-state index contributed by atoms with van der Waals surface area (Å²) in [5.41, 5.74) is 2.10. The number of rotatable bonds is 7. The molecule has 7 heteroatoms. The lowest BCUT2D eigenvalue weighted by Crippen LogP contribution is -2.06. The molecule has 0 saturated heterocycles. The molecule has 0 amide bonds. The highest BCUT2D eigenvalue weighted by atomic mass is 19.1. The van der Waals surface area contributed by atoms with E-state index in [4.69, 9.17) is 9.47 Å². The van der Waals surface area contributed by atoms with Gasteiger partial charge in [-0.25, -0.2) is 9.37 Å². The average molecular weight is 368 g/mol. The number of aromatic nitrogens is 2. The van der Waals surface area contributed by atoms with E-state index >= 15 is 0 Å². The zero-order chi connectivity index (χ0) is 19.2. The second-order valence-corrected chi connectivity index (χ2v) is 5.87. The quantitative estimate of drug-likeness (QED) is 0.648. The predicted octanol–water partition coefficient (Wildman–Crippen LogP) is 4.30. The molecule has 3 aromatic rings. The number of nitrogens with zero attached hydrogens (tertiary/aromatic N) is 2. The Bertz CT molecular complexity index is 934. The maximum Gasteiger partial charge on any atom is 0.229 e. The van der Waals surface area contributed by atoms with Crippen molar-refractivity contribution < 1.29 is 13.9 Å². The van der Waals surface area contributed by atoms with Gasteiger partial charge in [-0.2, -0.15) is 4.98 Å². The van der Waals surface area contributed by atoms with Crippen LogP contribution in [-0.4, -0.2) is 24.2 Å². The standard InChI is InChI=1S/C20H21FN4O2/c1-13-10-19(22-12-14-8-9-17(26-2)18(11-14)27-3)25-20(23-13)24-16-7-5-4-6-15(16)21/h4-11H,12H2,1-3H3,(H2,22,23,24,25). The van der Waals surface area contributed by atoms with Crippen molar-refractivity contribution in [3.8, 4) is 11.5 Å². The lowest BCUT2D eigenvalue weighted by molar-refractivity contribution is 0.354. The summed E-state index contributed by atoms with van der Waals surface area (Å²) < 4.78 is 24.4. The molecule has 0 bridgehead atoms. The molecule has 0 aliphatic heterocycles. The second kappa shape index (κ2) is 8.35. The number of nitrogens with one attached hydrogen (secondary N) is 2. The molecule has 0 radical (unpaired) electrons. The highest BCUT2D eigenvalue weighted by Crippen LogP contribution is 2.28. The number of benzene rings is 2. The number of para-hydroxylation sites is 1. The first-order valence-corrected chi connectivity index (χ1v) is 8.41. The highest BCUT2D eigenvalue weighted by molar-refractivity contribution is 5.56. The van der Waals surface area contributed by atoms with Crippen molar-refractivity contribution in [3.63, 3.8) is 0 Å². The van der Waals surface area contributed by atoms with Gasteiger partial charge in [-0.1, -0.05) is 18.2 Å². The first kappa shape index (κ1) is 18.4. The lowest BCUT2D eigenvalue weighted by Gasteiger charge is -2.12. The fraction of sp³-hybridized carbons (Fsp3) is 0.200. The zero-order valence-corrected chi connectivity index (χ0v) is 15.4. The molecule has 0 fully saturated rings. The van der Waals surface area contributed by atoms with E-state index in [1.807, 2.05) is 31.2 Å². The van der Waals surface area contributed by atoms with Crippen LogP contribution in [0.15, 0.2) is 48.5 Å². The fourth-order valence-electron chi connectivity index (χ4n) is 2.58. The third-order valence-corrected chi connectivity index (χ3v) is 3.90.